The van der Waals surface area contributed by atoms with Crippen LogP contribution in [0, 0.1) is 5.92 Å². The molecule has 2 bridgehead atoms. The van der Waals surface area contributed by atoms with Crippen molar-refractivity contribution in [3.05, 3.63) is 0 Å². The summed E-state index contributed by atoms with van der Waals surface area (Å²) in [6.07, 6.45) is -2.25. The molecular weight excluding hydrogens is 224 g/mol. The topological polar surface area (TPSA) is 68.2 Å². The van der Waals surface area contributed by atoms with E-state index in [9.17, 15) is 10.2 Å². The van der Waals surface area contributed by atoms with Gasteiger partial charge in [-0.05, 0) is 20.8 Å². The number of aliphatic hydroxyl groups excluding tert-OH is 2. The molecule has 0 spiro atoms. The number of rotatable bonds is 2. The fourth-order valence-electron chi connectivity index (χ4n) is 2.20. The molecule has 0 saturated carbocycles. The zero-order valence-electron chi connectivity index (χ0n) is 10.8. The van der Waals surface area contributed by atoms with Crippen molar-refractivity contribution in [2.24, 2.45) is 5.92 Å². The molecule has 0 radical (unpaired) electrons. The molecule has 0 aromatic carbocycles. The van der Waals surface area contributed by atoms with Crippen molar-refractivity contribution in [2.45, 2.75) is 57.4 Å². The van der Waals surface area contributed by atoms with Crippen LogP contribution in [0.1, 0.15) is 27.7 Å². The van der Waals surface area contributed by atoms with E-state index in [2.05, 4.69) is 0 Å². The zero-order valence-corrected chi connectivity index (χ0v) is 10.8. The average Bonchev–Trinajstić information content (AvgIpc) is 2.64. The SMILES string of the molecule is CC1[C@H]2OC[C@](COC(C)(C)C)(O2)[C@H](O)[C@@H]1O. The van der Waals surface area contributed by atoms with E-state index in [0.717, 1.165) is 0 Å². The summed E-state index contributed by atoms with van der Waals surface area (Å²) < 4.78 is 16.9. The zero-order chi connectivity index (χ0) is 12.8. The minimum atomic E-state index is -0.974. The van der Waals surface area contributed by atoms with Crippen LogP contribution in [0.5, 0.6) is 0 Å². The summed E-state index contributed by atoms with van der Waals surface area (Å²) >= 11 is 0. The predicted molar refractivity (Wildman–Crippen MR) is 60.4 cm³/mol. The van der Waals surface area contributed by atoms with Gasteiger partial charge in [-0.3, -0.25) is 0 Å². The molecule has 5 nitrogen and oxygen atoms in total. The molecule has 0 amide bonds. The second-order valence-electron chi connectivity index (χ2n) is 6.06. The second kappa shape index (κ2) is 4.17. The summed E-state index contributed by atoms with van der Waals surface area (Å²) in [5, 5.41) is 20.1. The lowest BCUT2D eigenvalue weighted by atomic mass is 9.86. The van der Waals surface area contributed by atoms with E-state index in [-0.39, 0.29) is 24.7 Å². The normalized spacial score (nSPS) is 46.2. The number of fused-ring (bicyclic) bond motifs is 2. The molecule has 100 valence electrons. The van der Waals surface area contributed by atoms with Gasteiger partial charge in [0.05, 0.1) is 24.9 Å². The first-order valence-corrected chi connectivity index (χ1v) is 6.05. The molecule has 2 N–H and O–H groups in total. The smallest absolute Gasteiger partial charge is 0.163 e. The molecule has 0 aromatic heterocycles. The molecule has 17 heavy (non-hydrogen) atoms. The Balaban J connectivity index is 2.09. The van der Waals surface area contributed by atoms with Crippen LogP contribution < -0.4 is 0 Å². The van der Waals surface area contributed by atoms with Gasteiger partial charge in [0, 0.05) is 5.92 Å². The Bertz CT molecular complexity index is 287. The third kappa shape index (κ3) is 2.35. The number of ether oxygens (including phenoxy) is 3. The van der Waals surface area contributed by atoms with Gasteiger partial charge in [-0.25, -0.2) is 0 Å². The lowest BCUT2D eigenvalue weighted by Gasteiger charge is -2.42. The van der Waals surface area contributed by atoms with Crippen molar-refractivity contribution < 1.29 is 24.4 Å². The van der Waals surface area contributed by atoms with Crippen molar-refractivity contribution in [3.8, 4) is 0 Å². The monoisotopic (exact) mass is 246 g/mol. The summed E-state index contributed by atoms with van der Waals surface area (Å²) in [7, 11) is 0. The molecule has 2 aliphatic rings. The highest BCUT2D eigenvalue weighted by Gasteiger charge is 2.58. The summed E-state index contributed by atoms with van der Waals surface area (Å²) in [6, 6.07) is 0. The lowest BCUT2D eigenvalue weighted by Crippen LogP contribution is -2.60. The Morgan fingerprint density at radius 1 is 1.35 bits per heavy atom. The summed E-state index contributed by atoms with van der Waals surface area (Å²) in [5.74, 6) is -0.227. The van der Waals surface area contributed by atoms with E-state index < -0.39 is 24.1 Å². The third-order valence-corrected chi connectivity index (χ3v) is 3.42. The molecule has 2 heterocycles. The van der Waals surface area contributed by atoms with Crippen LogP contribution in [0.2, 0.25) is 0 Å². The van der Waals surface area contributed by atoms with Gasteiger partial charge >= 0.3 is 0 Å². The van der Waals surface area contributed by atoms with Gasteiger partial charge in [0.15, 0.2) is 6.29 Å². The lowest BCUT2D eigenvalue weighted by molar-refractivity contribution is -0.254. The Labute approximate surface area is 102 Å². The highest BCUT2D eigenvalue weighted by Crippen LogP contribution is 2.40. The standard InChI is InChI=1S/C12H22O5/c1-7-8(13)9(14)12(5-15-10(7)17-12)6-16-11(2,3)4/h7-10,13-14H,5-6H2,1-4H3/t7?,8-,9-,10+,12-/m1/s1. The predicted octanol–water partition coefficient (Wildman–Crippen LogP) is 0.285. The Morgan fingerprint density at radius 2 is 2.00 bits per heavy atom. The van der Waals surface area contributed by atoms with Crippen molar-refractivity contribution in [1.82, 2.24) is 0 Å². The van der Waals surface area contributed by atoms with Crippen LogP contribution in [0.25, 0.3) is 0 Å². The quantitative estimate of drug-likeness (QED) is 0.732. The molecule has 5 atom stereocenters. The van der Waals surface area contributed by atoms with E-state index in [0.29, 0.717) is 0 Å². The summed E-state index contributed by atoms with van der Waals surface area (Å²) in [6.45, 7) is 8.09. The summed E-state index contributed by atoms with van der Waals surface area (Å²) in [5.41, 5.74) is -1.24. The molecule has 2 aliphatic heterocycles. The molecule has 0 aliphatic carbocycles. The molecule has 5 heteroatoms. The maximum Gasteiger partial charge on any atom is 0.163 e. The maximum absolute atomic E-state index is 10.1. The van der Waals surface area contributed by atoms with Crippen LogP contribution in [-0.4, -0.2) is 53.1 Å². The van der Waals surface area contributed by atoms with Gasteiger partial charge in [-0.2, -0.15) is 0 Å². The average molecular weight is 246 g/mol. The van der Waals surface area contributed by atoms with Crippen molar-refractivity contribution in [3.63, 3.8) is 0 Å². The van der Waals surface area contributed by atoms with Gasteiger partial charge in [-0.1, -0.05) is 6.92 Å². The van der Waals surface area contributed by atoms with Crippen molar-refractivity contribution >= 4 is 0 Å². The first-order valence-electron chi connectivity index (χ1n) is 6.05. The van der Waals surface area contributed by atoms with Gasteiger partial charge < -0.3 is 24.4 Å². The van der Waals surface area contributed by atoms with Crippen LogP contribution in [0.15, 0.2) is 0 Å². The van der Waals surface area contributed by atoms with E-state index in [4.69, 9.17) is 14.2 Å². The van der Waals surface area contributed by atoms with Crippen LogP contribution in [0.3, 0.4) is 0 Å². The van der Waals surface area contributed by atoms with Crippen LogP contribution in [0.4, 0.5) is 0 Å². The highest BCUT2D eigenvalue weighted by atomic mass is 16.7. The minimum absolute atomic E-state index is 0.220. The van der Waals surface area contributed by atoms with E-state index >= 15 is 0 Å². The Hall–Kier alpha value is -0.200. The molecule has 2 fully saturated rings. The fraction of sp³-hybridized carbons (Fsp3) is 1.00. The van der Waals surface area contributed by atoms with Crippen LogP contribution >= 0.6 is 0 Å². The molecular formula is C12H22O5. The number of aliphatic hydroxyl groups is 2. The minimum Gasteiger partial charge on any atom is -0.390 e. The maximum atomic E-state index is 10.1. The fourth-order valence-corrected chi connectivity index (χ4v) is 2.20. The molecule has 0 aromatic rings. The van der Waals surface area contributed by atoms with Gasteiger partial charge in [0.2, 0.25) is 0 Å². The Morgan fingerprint density at radius 3 is 2.59 bits per heavy atom. The van der Waals surface area contributed by atoms with Gasteiger partial charge in [-0.15, -0.1) is 0 Å². The van der Waals surface area contributed by atoms with E-state index in [1.807, 2.05) is 20.8 Å². The molecule has 1 unspecified atom stereocenters. The molecule has 2 rings (SSSR count). The Kier molecular flexibility index (Phi) is 3.25. The first kappa shape index (κ1) is 13.2. The highest BCUT2D eigenvalue weighted by molar-refractivity contribution is 5.02. The van der Waals surface area contributed by atoms with Gasteiger partial charge in [0.1, 0.15) is 11.7 Å². The van der Waals surface area contributed by atoms with Crippen molar-refractivity contribution in [1.29, 1.82) is 0 Å². The summed E-state index contributed by atoms with van der Waals surface area (Å²) in [4.78, 5) is 0. The first-order chi connectivity index (χ1) is 7.75. The van der Waals surface area contributed by atoms with Gasteiger partial charge in [0.25, 0.3) is 0 Å². The van der Waals surface area contributed by atoms with E-state index in [1.54, 1.807) is 6.92 Å². The van der Waals surface area contributed by atoms with Crippen molar-refractivity contribution in [2.75, 3.05) is 13.2 Å². The van der Waals surface area contributed by atoms with Crippen LogP contribution in [-0.2, 0) is 14.2 Å². The van der Waals surface area contributed by atoms with E-state index in [1.165, 1.54) is 0 Å². The largest absolute Gasteiger partial charge is 0.390 e. The third-order valence-electron chi connectivity index (χ3n) is 3.42. The molecule has 2 saturated heterocycles. The number of hydrogen-bond donors (Lipinski definition) is 2. The second-order valence-corrected chi connectivity index (χ2v) is 6.06. The number of hydrogen-bond acceptors (Lipinski definition) is 5.